The lowest BCUT2D eigenvalue weighted by Crippen LogP contribution is -2.59. The fraction of sp³-hybridized carbons (Fsp3) is 0.500. The van der Waals surface area contributed by atoms with Crippen LogP contribution in [0.15, 0.2) is 35.4 Å². The third-order valence-corrected chi connectivity index (χ3v) is 7.45. The summed E-state index contributed by atoms with van der Waals surface area (Å²) in [5.41, 5.74) is 0.408. The van der Waals surface area contributed by atoms with Crippen molar-refractivity contribution in [1.29, 1.82) is 0 Å². The van der Waals surface area contributed by atoms with Gasteiger partial charge in [-0.15, -0.1) is 0 Å². The Morgan fingerprint density at radius 1 is 1.31 bits per heavy atom. The Bertz CT molecular complexity index is 1310. The Labute approximate surface area is 202 Å². The van der Waals surface area contributed by atoms with Crippen LogP contribution in [-0.2, 0) is 4.74 Å². The van der Waals surface area contributed by atoms with Crippen molar-refractivity contribution in [2.24, 2.45) is 0 Å². The summed E-state index contributed by atoms with van der Waals surface area (Å²) in [6, 6.07) is 4.85. The van der Waals surface area contributed by atoms with Gasteiger partial charge in [0.2, 0.25) is 0 Å². The lowest BCUT2D eigenvalue weighted by molar-refractivity contribution is -0.0828. The van der Waals surface area contributed by atoms with Crippen molar-refractivity contribution in [3.63, 3.8) is 0 Å². The first-order valence-electron chi connectivity index (χ1n) is 11.9. The molecule has 0 aliphatic heterocycles. The molecule has 0 saturated heterocycles. The monoisotopic (exact) mass is 481 g/mol. The lowest BCUT2D eigenvalue weighted by Gasteiger charge is -2.45. The fourth-order valence-corrected chi connectivity index (χ4v) is 5.02. The number of amides is 1. The molecule has 186 valence electrons. The number of rotatable bonds is 7. The molecule has 3 heterocycles. The van der Waals surface area contributed by atoms with Crippen LogP contribution in [-0.4, -0.2) is 62.1 Å². The predicted molar refractivity (Wildman–Crippen MR) is 131 cm³/mol. The normalized spacial score (nSPS) is 25.9. The topological polar surface area (TPSA) is 135 Å². The van der Waals surface area contributed by atoms with E-state index in [4.69, 9.17) is 4.74 Å². The van der Waals surface area contributed by atoms with E-state index in [9.17, 15) is 14.7 Å². The highest BCUT2D eigenvalue weighted by Gasteiger charge is 2.44. The van der Waals surface area contributed by atoms with Crippen LogP contribution >= 0.6 is 0 Å². The van der Waals surface area contributed by atoms with Crippen molar-refractivity contribution in [3.05, 3.63) is 46.5 Å². The van der Waals surface area contributed by atoms with E-state index < -0.39 is 6.10 Å². The van der Waals surface area contributed by atoms with E-state index in [-0.39, 0.29) is 29.2 Å². The molecule has 0 radical (unpaired) electrons. The van der Waals surface area contributed by atoms with Gasteiger partial charge in [-0.25, -0.2) is 4.98 Å². The SMILES string of the molecule is CNc1cc(Nc2cccn([C@@H]3CCC[C@@H]3O)c2=O)nc2c(C(=O)NC3CC[C@]3(C)OC)cnn12. The molecule has 11 nitrogen and oxygen atoms in total. The van der Waals surface area contributed by atoms with Crippen molar-refractivity contribution in [3.8, 4) is 0 Å². The number of aromatic nitrogens is 4. The van der Waals surface area contributed by atoms with E-state index in [0.717, 1.165) is 25.7 Å². The maximum atomic E-state index is 13.2. The number of nitrogens with zero attached hydrogens (tertiary/aromatic N) is 4. The number of aliphatic hydroxyl groups excluding tert-OH is 1. The second-order valence-electron chi connectivity index (χ2n) is 9.48. The minimum atomic E-state index is -0.531. The number of aliphatic hydroxyl groups is 1. The molecule has 35 heavy (non-hydrogen) atoms. The number of anilines is 3. The number of pyridine rings is 1. The average molecular weight is 482 g/mol. The number of carbonyl (C=O) groups excluding carboxylic acids is 1. The Kier molecular flexibility index (Phi) is 5.97. The lowest BCUT2D eigenvalue weighted by atomic mass is 9.76. The quantitative estimate of drug-likeness (QED) is 0.403. The van der Waals surface area contributed by atoms with Crippen LogP contribution in [0.3, 0.4) is 0 Å². The van der Waals surface area contributed by atoms with Crippen LogP contribution in [0.1, 0.15) is 55.4 Å². The zero-order chi connectivity index (χ0) is 24.7. The molecule has 1 amide bonds. The van der Waals surface area contributed by atoms with Crippen LogP contribution in [0.25, 0.3) is 5.65 Å². The van der Waals surface area contributed by atoms with Crippen molar-refractivity contribution < 1.29 is 14.6 Å². The van der Waals surface area contributed by atoms with Gasteiger partial charge in [0, 0.05) is 26.4 Å². The van der Waals surface area contributed by atoms with E-state index >= 15 is 0 Å². The van der Waals surface area contributed by atoms with Gasteiger partial charge in [-0.1, -0.05) is 0 Å². The third kappa shape index (κ3) is 4.04. The Morgan fingerprint density at radius 2 is 2.14 bits per heavy atom. The zero-order valence-electron chi connectivity index (χ0n) is 20.1. The highest BCUT2D eigenvalue weighted by molar-refractivity contribution is 6.00. The second kappa shape index (κ2) is 8.97. The summed E-state index contributed by atoms with van der Waals surface area (Å²) in [6.45, 7) is 1.98. The number of ether oxygens (including phenoxy) is 1. The van der Waals surface area contributed by atoms with Crippen molar-refractivity contribution in [2.75, 3.05) is 24.8 Å². The molecule has 0 spiro atoms. The zero-order valence-corrected chi connectivity index (χ0v) is 20.1. The molecule has 0 bridgehead atoms. The molecule has 2 aliphatic rings. The first kappa shape index (κ1) is 23.3. The van der Waals surface area contributed by atoms with E-state index in [0.29, 0.717) is 35.0 Å². The molecular weight excluding hydrogens is 450 g/mol. The number of nitrogens with one attached hydrogen (secondary N) is 3. The van der Waals surface area contributed by atoms with Crippen LogP contribution in [0.2, 0.25) is 0 Å². The average Bonchev–Trinajstić information content (AvgIpc) is 3.48. The minimum Gasteiger partial charge on any atom is -0.391 e. The Morgan fingerprint density at radius 3 is 2.80 bits per heavy atom. The number of hydrogen-bond donors (Lipinski definition) is 4. The second-order valence-corrected chi connectivity index (χ2v) is 9.48. The van der Waals surface area contributed by atoms with Gasteiger partial charge in [0.1, 0.15) is 22.9 Å². The Hall–Kier alpha value is -3.44. The largest absolute Gasteiger partial charge is 0.391 e. The summed E-state index contributed by atoms with van der Waals surface area (Å²) >= 11 is 0. The minimum absolute atomic E-state index is 0.0891. The van der Waals surface area contributed by atoms with Gasteiger partial charge in [0.25, 0.3) is 11.5 Å². The van der Waals surface area contributed by atoms with E-state index in [2.05, 4.69) is 26.0 Å². The first-order chi connectivity index (χ1) is 16.8. The summed E-state index contributed by atoms with van der Waals surface area (Å²) in [5.74, 6) is 0.713. The maximum Gasteiger partial charge on any atom is 0.274 e. The smallest absolute Gasteiger partial charge is 0.274 e. The standard InChI is InChI=1S/C24H31N7O4/c1-24(35-3)10-9-18(24)28-22(33)14-13-26-31-20(25-2)12-19(29-21(14)31)27-15-6-5-11-30(23(15)34)16-7-4-8-17(16)32/h5-6,11-13,16-18,25,32H,4,7-10H2,1-3H3,(H,27,29)(H,28,33)/t16-,17+,18?,24+/m1/s1. The molecule has 2 fully saturated rings. The summed E-state index contributed by atoms with van der Waals surface area (Å²) in [5, 5.41) is 23.8. The molecule has 3 aromatic rings. The molecule has 3 aromatic heterocycles. The highest BCUT2D eigenvalue weighted by Crippen LogP contribution is 2.35. The summed E-state index contributed by atoms with van der Waals surface area (Å²) in [6.07, 6.45) is 6.72. The summed E-state index contributed by atoms with van der Waals surface area (Å²) < 4.78 is 8.69. The molecule has 2 saturated carbocycles. The molecule has 4 N–H and O–H groups in total. The van der Waals surface area contributed by atoms with Gasteiger partial charge < -0.3 is 30.4 Å². The van der Waals surface area contributed by atoms with E-state index in [1.807, 2.05) is 6.92 Å². The van der Waals surface area contributed by atoms with E-state index in [1.165, 1.54) is 6.20 Å². The Balaban J connectivity index is 1.46. The van der Waals surface area contributed by atoms with Crippen LogP contribution < -0.4 is 21.5 Å². The van der Waals surface area contributed by atoms with Gasteiger partial charge >= 0.3 is 0 Å². The van der Waals surface area contributed by atoms with Gasteiger partial charge in [-0.05, 0) is 51.2 Å². The van der Waals surface area contributed by atoms with Crippen LogP contribution in [0, 0.1) is 0 Å². The molecule has 1 unspecified atom stereocenters. The molecule has 2 aliphatic carbocycles. The van der Waals surface area contributed by atoms with Crippen LogP contribution in [0.4, 0.5) is 17.3 Å². The van der Waals surface area contributed by atoms with Gasteiger partial charge in [0.15, 0.2) is 5.65 Å². The fourth-order valence-electron chi connectivity index (χ4n) is 5.02. The number of carbonyl (C=O) groups is 1. The first-order valence-corrected chi connectivity index (χ1v) is 11.9. The summed E-state index contributed by atoms with van der Waals surface area (Å²) in [4.78, 5) is 30.9. The van der Waals surface area contributed by atoms with Gasteiger partial charge in [-0.2, -0.15) is 9.61 Å². The van der Waals surface area contributed by atoms with Crippen molar-refractivity contribution >= 4 is 28.9 Å². The number of fused-ring (bicyclic) bond motifs is 1. The number of hydrogen-bond acceptors (Lipinski definition) is 8. The molecule has 11 heteroatoms. The van der Waals surface area contributed by atoms with E-state index in [1.54, 1.807) is 47.6 Å². The van der Waals surface area contributed by atoms with Crippen molar-refractivity contribution in [1.82, 2.24) is 24.5 Å². The number of methoxy groups -OCH3 is 1. The van der Waals surface area contributed by atoms with Crippen LogP contribution in [0.5, 0.6) is 0 Å². The highest BCUT2D eigenvalue weighted by atomic mass is 16.5. The third-order valence-electron chi connectivity index (χ3n) is 7.45. The molecular formula is C24H31N7O4. The molecule has 0 aromatic carbocycles. The van der Waals surface area contributed by atoms with Crippen molar-refractivity contribution in [2.45, 2.75) is 62.8 Å². The summed E-state index contributed by atoms with van der Waals surface area (Å²) in [7, 11) is 3.40. The van der Waals surface area contributed by atoms with Gasteiger partial charge in [-0.3, -0.25) is 9.59 Å². The molecule has 4 atom stereocenters. The van der Waals surface area contributed by atoms with Gasteiger partial charge in [0.05, 0.1) is 30.0 Å². The predicted octanol–water partition coefficient (Wildman–Crippen LogP) is 2.06. The maximum absolute atomic E-state index is 13.2. The molecule has 5 rings (SSSR count).